The minimum absolute atomic E-state index is 0.0244. The van der Waals surface area contributed by atoms with Crippen LogP contribution in [0.5, 0.6) is 0 Å². The number of rotatable bonds is 14. The fraction of sp³-hybridized carbons (Fsp3) is 0.842. The lowest BCUT2D eigenvalue weighted by atomic mass is 9.97. The highest BCUT2D eigenvalue weighted by Crippen LogP contribution is 2.12. The molecule has 2 amide bonds. The number of ketones is 1. The van der Waals surface area contributed by atoms with Crippen molar-refractivity contribution in [3.05, 3.63) is 0 Å². The Morgan fingerprint density at radius 1 is 0.833 bits per heavy atom. The van der Waals surface area contributed by atoms with Crippen molar-refractivity contribution in [2.24, 2.45) is 5.92 Å². The summed E-state index contributed by atoms with van der Waals surface area (Å²) in [5.41, 5.74) is 0. The van der Waals surface area contributed by atoms with Crippen LogP contribution in [0.2, 0.25) is 0 Å². The highest BCUT2D eigenvalue weighted by atomic mass is 16.2. The van der Waals surface area contributed by atoms with E-state index >= 15 is 0 Å². The van der Waals surface area contributed by atoms with Gasteiger partial charge in [-0.25, -0.2) is 0 Å². The van der Waals surface area contributed by atoms with E-state index < -0.39 is 0 Å². The number of nitrogens with one attached hydrogen (secondary N) is 2. The lowest BCUT2D eigenvalue weighted by molar-refractivity contribution is -0.121. The number of unbranched alkanes of at least 4 members (excludes halogenated alkanes) is 4. The molecule has 0 aliphatic rings. The molecule has 140 valence electrons. The van der Waals surface area contributed by atoms with E-state index in [4.69, 9.17) is 0 Å². The Bertz CT molecular complexity index is 381. The van der Waals surface area contributed by atoms with Crippen molar-refractivity contribution in [3.63, 3.8) is 0 Å². The van der Waals surface area contributed by atoms with Gasteiger partial charge in [-0.05, 0) is 38.5 Å². The maximum absolute atomic E-state index is 11.7. The van der Waals surface area contributed by atoms with Crippen LogP contribution in [-0.4, -0.2) is 30.2 Å². The highest BCUT2D eigenvalue weighted by molar-refractivity contribution is 5.76. The molecule has 5 heteroatoms. The van der Waals surface area contributed by atoms with Gasteiger partial charge in [0, 0.05) is 32.4 Å². The molecule has 0 aromatic heterocycles. The molecule has 0 heterocycles. The van der Waals surface area contributed by atoms with Gasteiger partial charge in [-0.1, -0.05) is 33.1 Å². The van der Waals surface area contributed by atoms with Crippen LogP contribution < -0.4 is 10.6 Å². The van der Waals surface area contributed by atoms with Gasteiger partial charge in [-0.2, -0.15) is 0 Å². The molecule has 0 aliphatic heterocycles. The van der Waals surface area contributed by atoms with Gasteiger partial charge in [-0.15, -0.1) is 0 Å². The standard InChI is InChI=1S/C19H36N2O3/c1-15(2)18(21-17(4)23)12-8-5-9-13-19(24)20-14-10-6-7-11-16(3)22/h15,18H,5-14H2,1-4H3,(H,20,24)(H,21,23)/t18-/m1/s1. The molecule has 1 atom stereocenters. The first-order valence-electron chi connectivity index (χ1n) is 9.36. The number of Topliss-reactive ketones (excluding diaryl/α,β-unsaturated/α-hetero) is 1. The second-order valence-electron chi connectivity index (χ2n) is 7.01. The minimum Gasteiger partial charge on any atom is -0.356 e. The normalized spacial score (nSPS) is 12.0. The van der Waals surface area contributed by atoms with Gasteiger partial charge in [0.25, 0.3) is 0 Å². The third-order valence-electron chi connectivity index (χ3n) is 4.14. The van der Waals surface area contributed by atoms with Gasteiger partial charge in [0.05, 0.1) is 0 Å². The van der Waals surface area contributed by atoms with Crippen LogP contribution in [0.15, 0.2) is 0 Å². The monoisotopic (exact) mass is 340 g/mol. The van der Waals surface area contributed by atoms with Crippen LogP contribution in [0.4, 0.5) is 0 Å². The Morgan fingerprint density at radius 2 is 1.46 bits per heavy atom. The number of carbonyl (C=O) groups excluding carboxylic acids is 3. The van der Waals surface area contributed by atoms with Crippen LogP contribution in [0.3, 0.4) is 0 Å². The molecular weight excluding hydrogens is 304 g/mol. The Labute approximate surface area is 147 Å². The Balaban J connectivity index is 3.57. The fourth-order valence-electron chi connectivity index (χ4n) is 2.65. The summed E-state index contributed by atoms with van der Waals surface area (Å²) in [4.78, 5) is 33.7. The molecular formula is C19H36N2O3. The van der Waals surface area contributed by atoms with E-state index in [1.807, 2.05) is 0 Å². The average molecular weight is 341 g/mol. The molecule has 0 spiro atoms. The maximum atomic E-state index is 11.7. The van der Waals surface area contributed by atoms with E-state index in [0.29, 0.717) is 25.3 Å². The summed E-state index contributed by atoms with van der Waals surface area (Å²) in [6, 6.07) is 0.228. The van der Waals surface area contributed by atoms with Crippen LogP contribution in [0.25, 0.3) is 0 Å². The molecule has 5 nitrogen and oxygen atoms in total. The van der Waals surface area contributed by atoms with Crippen LogP contribution in [-0.2, 0) is 14.4 Å². The predicted molar refractivity (Wildman–Crippen MR) is 97.7 cm³/mol. The van der Waals surface area contributed by atoms with Crippen molar-refractivity contribution in [2.45, 2.75) is 91.5 Å². The molecule has 0 aromatic carbocycles. The first-order valence-corrected chi connectivity index (χ1v) is 9.36. The van der Waals surface area contributed by atoms with Crippen LogP contribution in [0.1, 0.15) is 85.5 Å². The topological polar surface area (TPSA) is 75.3 Å². The summed E-state index contributed by atoms with van der Waals surface area (Å²) in [6.07, 6.45) is 7.94. The van der Waals surface area contributed by atoms with E-state index in [-0.39, 0.29) is 23.6 Å². The smallest absolute Gasteiger partial charge is 0.219 e. The summed E-state index contributed by atoms with van der Waals surface area (Å²) in [7, 11) is 0. The number of carbonyl (C=O) groups is 3. The predicted octanol–water partition coefficient (Wildman–Crippen LogP) is 3.36. The Morgan fingerprint density at radius 3 is 2.04 bits per heavy atom. The van der Waals surface area contributed by atoms with Crippen molar-refractivity contribution in [2.75, 3.05) is 6.54 Å². The van der Waals surface area contributed by atoms with Gasteiger partial charge < -0.3 is 15.4 Å². The van der Waals surface area contributed by atoms with Crippen molar-refractivity contribution >= 4 is 17.6 Å². The maximum Gasteiger partial charge on any atom is 0.219 e. The van der Waals surface area contributed by atoms with Gasteiger partial charge in [0.2, 0.25) is 11.8 Å². The lowest BCUT2D eigenvalue weighted by Crippen LogP contribution is -2.37. The van der Waals surface area contributed by atoms with E-state index in [0.717, 1.165) is 44.9 Å². The highest BCUT2D eigenvalue weighted by Gasteiger charge is 2.13. The molecule has 0 aliphatic carbocycles. The first kappa shape index (κ1) is 22.6. The second kappa shape index (κ2) is 14.0. The summed E-state index contributed by atoms with van der Waals surface area (Å²) >= 11 is 0. The zero-order valence-corrected chi connectivity index (χ0v) is 16.0. The lowest BCUT2D eigenvalue weighted by Gasteiger charge is -2.21. The third kappa shape index (κ3) is 14.2. The van der Waals surface area contributed by atoms with E-state index in [9.17, 15) is 14.4 Å². The van der Waals surface area contributed by atoms with Crippen LogP contribution in [0, 0.1) is 5.92 Å². The second-order valence-corrected chi connectivity index (χ2v) is 7.01. The van der Waals surface area contributed by atoms with Gasteiger partial charge in [0.1, 0.15) is 5.78 Å². The van der Waals surface area contributed by atoms with Crippen molar-refractivity contribution in [1.82, 2.24) is 10.6 Å². The third-order valence-corrected chi connectivity index (χ3v) is 4.14. The van der Waals surface area contributed by atoms with Crippen molar-refractivity contribution in [1.29, 1.82) is 0 Å². The number of hydrogen-bond donors (Lipinski definition) is 2. The van der Waals surface area contributed by atoms with Gasteiger partial charge in [-0.3, -0.25) is 9.59 Å². The molecule has 2 N–H and O–H groups in total. The molecule has 0 rings (SSSR count). The van der Waals surface area contributed by atoms with E-state index in [2.05, 4.69) is 24.5 Å². The molecule has 0 saturated heterocycles. The summed E-state index contributed by atoms with van der Waals surface area (Å²) in [6.45, 7) is 8.10. The SMILES string of the molecule is CC(=O)CCCCCNC(=O)CCCCC[C@@H](NC(C)=O)C(C)C. The first-order chi connectivity index (χ1) is 11.3. The Kier molecular flexibility index (Phi) is 13.2. The fourth-order valence-corrected chi connectivity index (χ4v) is 2.65. The molecule has 0 saturated carbocycles. The molecule has 0 radical (unpaired) electrons. The zero-order chi connectivity index (χ0) is 18.4. The van der Waals surface area contributed by atoms with Crippen LogP contribution >= 0.6 is 0 Å². The van der Waals surface area contributed by atoms with Gasteiger partial charge in [0.15, 0.2) is 0 Å². The zero-order valence-electron chi connectivity index (χ0n) is 16.0. The van der Waals surface area contributed by atoms with Crippen molar-refractivity contribution < 1.29 is 14.4 Å². The molecule has 24 heavy (non-hydrogen) atoms. The Hall–Kier alpha value is -1.39. The molecule has 0 fully saturated rings. The van der Waals surface area contributed by atoms with Gasteiger partial charge >= 0.3 is 0 Å². The summed E-state index contributed by atoms with van der Waals surface area (Å²) in [5, 5.41) is 5.93. The quantitative estimate of drug-likeness (QED) is 0.476. The van der Waals surface area contributed by atoms with E-state index in [1.165, 1.54) is 0 Å². The van der Waals surface area contributed by atoms with Crippen molar-refractivity contribution in [3.8, 4) is 0 Å². The number of amides is 2. The largest absolute Gasteiger partial charge is 0.356 e. The molecule has 0 bridgehead atoms. The van der Waals surface area contributed by atoms with E-state index in [1.54, 1.807) is 13.8 Å². The molecule has 0 aromatic rings. The average Bonchev–Trinajstić information content (AvgIpc) is 2.48. The number of hydrogen-bond acceptors (Lipinski definition) is 3. The summed E-state index contributed by atoms with van der Waals surface area (Å²) < 4.78 is 0. The minimum atomic E-state index is 0.0244. The summed E-state index contributed by atoms with van der Waals surface area (Å²) in [5.74, 6) is 0.803. The molecule has 0 unspecified atom stereocenters.